The molecule has 1 aromatic carbocycles. The molecule has 0 radical (unpaired) electrons. The van der Waals surface area contributed by atoms with Gasteiger partial charge in [0.25, 0.3) is 0 Å². The van der Waals surface area contributed by atoms with Gasteiger partial charge in [-0.15, -0.1) is 0 Å². The fourth-order valence-electron chi connectivity index (χ4n) is 2.27. The van der Waals surface area contributed by atoms with Crippen LogP contribution in [0.4, 0.5) is 0 Å². The Morgan fingerprint density at radius 1 is 1.25 bits per heavy atom. The first-order chi connectivity index (χ1) is 9.67. The van der Waals surface area contributed by atoms with Gasteiger partial charge >= 0.3 is 0 Å². The van der Waals surface area contributed by atoms with Crippen LogP contribution < -0.4 is 5.32 Å². The minimum atomic E-state index is 0.0244. The van der Waals surface area contributed by atoms with E-state index >= 15 is 0 Å². The molecule has 0 saturated carbocycles. The second kappa shape index (κ2) is 7.11. The van der Waals surface area contributed by atoms with Gasteiger partial charge in [-0.05, 0) is 30.7 Å². The van der Waals surface area contributed by atoms with Crippen LogP contribution in [0.3, 0.4) is 0 Å². The van der Waals surface area contributed by atoms with E-state index in [-0.39, 0.29) is 6.04 Å². The summed E-state index contributed by atoms with van der Waals surface area (Å²) in [7, 11) is 0. The Labute approximate surface area is 129 Å². The van der Waals surface area contributed by atoms with E-state index in [1.54, 1.807) is 0 Å². The molecule has 5 heteroatoms. The molecule has 0 aliphatic carbocycles. The van der Waals surface area contributed by atoms with Crippen molar-refractivity contribution >= 4 is 23.2 Å². The summed E-state index contributed by atoms with van der Waals surface area (Å²) in [5, 5.41) is 4.60. The third-order valence-corrected chi connectivity index (χ3v) is 3.89. The van der Waals surface area contributed by atoms with E-state index in [1.807, 2.05) is 30.6 Å². The van der Waals surface area contributed by atoms with Crippen molar-refractivity contribution in [3.8, 4) is 0 Å². The van der Waals surface area contributed by atoms with Crippen LogP contribution in [0.1, 0.15) is 37.7 Å². The number of hydrogen-bond donors (Lipinski definition) is 1. The number of nitrogens with zero attached hydrogens (tertiary/aromatic N) is 2. The summed E-state index contributed by atoms with van der Waals surface area (Å²) in [6.07, 6.45) is 4.93. The monoisotopic (exact) mass is 311 g/mol. The second-order valence-electron chi connectivity index (χ2n) is 4.64. The highest BCUT2D eigenvalue weighted by Crippen LogP contribution is 2.28. The average Bonchev–Trinajstić information content (AvgIpc) is 2.88. The van der Waals surface area contributed by atoms with E-state index in [0.717, 1.165) is 30.9 Å². The molecule has 1 aromatic heterocycles. The molecule has 2 aromatic rings. The molecule has 108 valence electrons. The highest BCUT2D eigenvalue weighted by Gasteiger charge is 2.18. The van der Waals surface area contributed by atoms with Gasteiger partial charge in [0.05, 0.1) is 16.1 Å². The topological polar surface area (TPSA) is 29.9 Å². The molecule has 0 aliphatic heterocycles. The summed E-state index contributed by atoms with van der Waals surface area (Å²) >= 11 is 12.1. The molecule has 1 unspecified atom stereocenters. The van der Waals surface area contributed by atoms with Crippen LogP contribution in [0.15, 0.2) is 30.6 Å². The molecule has 0 amide bonds. The van der Waals surface area contributed by atoms with Crippen molar-refractivity contribution in [3.05, 3.63) is 52.0 Å². The minimum Gasteiger partial charge on any atom is -0.333 e. The van der Waals surface area contributed by atoms with Crippen molar-refractivity contribution in [3.63, 3.8) is 0 Å². The van der Waals surface area contributed by atoms with Gasteiger partial charge in [-0.2, -0.15) is 0 Å². The van der Waals surface area contributed by atoms with Gasteiger partial charge in [-0.3, -0.25) is 0 Å². The van der Waals surface area contributed by atoms with Crippen molar-refractivity contribution in [1.29, 1.82) is 0 Å². The quantitative estimate of drug-likeness (QED) is 0.862. The van der Waals surface area contributed by atoms with Crippen LogP contribution in [0.2, 0.25) is 10.0 Å². The minimum absolute atomic E-state index is 0.0244. The summed E-state index contributed by atoms with van der Waals surface area (Å²) in [5.74, 6) is 1.01. The van der Waals surface area contributed by atoms with E-state index in [4.69, 9.17) is 23.2 Å². The molecular formula is C15H19Cl2N3. The van der Waals surface area contributed by atoms with Gasteiger partial charge in [0.2, 0.25) is 0 Å². The normalized spacial score (nSPS) is 12.6. The van der Waals surface area contributed by atoms with E-state index in [2.05, 4.69) is 28.7 Å². The summed E-state index contributed by atoms with van der Waals surface area (Å²) in [6, 6.07) is 5.75. The number of hydrogen-bond acceptors (Lipinski definition) is 2. The van der Waals surface area contributed by atoms with Crippen molar-refractivity contribution < 1.29 is 0 Å². The Kier molecular flexibility index (Phi) is 5.46. The standard InChI is InChI=1S/C15H19Cl2N3/c1-3-8-20-9-7-19-15(20)14(18-4-2)11-5-6-12(16)13(17)10-11/h5-7,9-10,14,18H,3-4,8H2,1-2H3. The molecule has 0 spiro atoms. The second-order valence-corrected chi connectivity index (χ2v) is 5.46. The van der Waals surface area contributed by atoms with Crippen LogP contribution in [-0.2, 0) is 6.54 Å². The smallest absolute Gasteiger partial charge is 0.130 e. The Balaban J connectivity index is 2.39. The first-order valence-electron chi connectivity index (χ1n) is 6.86. The zero-order chi connectivity index (χ0) is 14.5. The Bertz CT molecular complexity index is 566. The van der Waals surface area contributed by atoms with Gasteiger partial charge < -0.3 is 9.88 Å². The predicted octanol–water partition coefficient (Wildman–Crippen LogP) is 4.30. The highest BCUT2D eigenvalue weighted by atomic mass is 35.5. The molecule has 0 aliphatic rings. The fourth-order valence-corrected chi connectivity index (χ4v) is 2.57. The Morgan fingerprint density at radius 3 is 2.70 bits per heavy atom. The van der Waals surface area contributed by atoms with Crippen LogP contribution in [0, 0.1) is 0 Å². The van der Waals surface area contributed by atoms with Crippen LogP contribution in [-0.4, -0.2) is 16.1 Å². The number of imidazole rings is 1. The summed E-state index contributed by atoms with van der Waals surface area (Å²) < 4.78 is 2.18. The van der Waals surface area contributed by atoms with Crippen molar-refractivity contribution in [1.82, 2.24) is 14.9 Å². The van der Waals surface area contributed by atoms with E-state index in [1.165, 1.54) is 0 Å². The molecule has 0 saturated heterocycles. The van der Waals surface area contributed by atoms with E-state index in [9.17, 15) is 0 Å². The highest BCUT2D eigenvalue weighted by molar-refractivity contribution is 6.42. The molecule has 2 rings (SSSR count). The maximum Gasteiger partial charge on any atom is 0.130 e. The summed E-state index contributed by atoms with van der Waals surface area (Å²) in [4.78, 5) is 4.51. The maximum atomic E-state index is 6.13. The van der Waals surface area contributed by atoms with E-state index < -0.39 is 0 Å². The lowest BCUT2D eigenvalue weighted by Gasteiger charge is -2.20. The number of aromatic nitrogens is 2. The predicted molar refractivity (Wildman–Crippen MR) is 84.5 cm³/mol. The number of nitrogens with one attached hydrogen (secondary N) is 1. The molecular weight excluding hydrogens is 293 g/mol. The Morgan fingerprint density at radius 2 is 2.05 bits per heavy atom. The summed E-state index contributed by atoms with van der Waals surface area (Å²) in [6.45, 7) is 6.05. The maximum absolute atomic E-state index is 6.13. The summed E-state index contributed by atoms with van der Waals surface area (Å²) in [5.41, 5.74) is 1.07. The van der Waals surface area contributed by atoms with Gasteiger partial charge in [-0.25, -0.2) is 4.98 Å². The SMILES string of the molecule is CCCn1ccnc1C(NCC)c1ccc(Cl)c(Cl)c1. The molecule has 1 N–H and O–H groups in total. The number of benzene rings is 1. The lowest BCUT2D eigenvalue weighted by Crippen LogP contribution is -2.25. The zero-order valence-electron chi connectivity index (χ0n) is 11.7. The van der Waals surface area contributed by atoms with Gasteiger partial charge in [-0.1, -0.05) is 43.1 Å². The molecule has 20 heavy (non-hydrogen) atoms. The first-order valence-corrected chi connectivity index (χ1v) is 7.62. The van der Waals surface area contributed by atoms with Gasteiger partial charge in [0.15, 0.2) is 0 Å². The lowest BCUT2D eigenvalue weighted by molar-refractivity contribution is 0.544. The van der Waals surface area contributed by atoms with Gasteiger partial charge in [0.1, 0.15) is 5.82 Å². The molecule has 1 atom stereocenters. The van der Waals surface area contributed by atoms with Gasteiger partial charge in [0, 0.05) is 18.9 Å². The third-order valence-electron chi connectivity index (χ3n) is 3.16. The molecule has 3 nitrogen and oxygen atoms in total. The number of aryl methyl sites for hydroxylation is 1. The number of rotatable bonds is 6. The average molecular weight is 312 g/mol. The van der Waals surface area contributed by atoms with Crippen LogP contribution in [0.25, 0.3) is 0 Å². The third kappa shape index (κ3) is 3.35. The first kappa shape index (κ1) is 15.4. The molecule has 0 fully saturated rings. The van der Waals surface area contributed by atoms with Crippen molar-refractivity contribution in [2.45, 2.75) is 32.9 Å². The van der Waals surface area contributed by atoms with Crippen LogP contribution in [0.5, 0.6) is 0 Å². The van der Waals surface area contributed by atoms with Crippen LogP contribution >= 0.6 is 23.2 Å². The number of halogens is 2. The Hall–Kier alpha value is -1.03. The largest absolute Gasteiger partial charge is 0.333 e. The zero-order valence-corrected chi connectivity index (χ0v) is 13.2. The fraction of sp³-hybridized carbons (Fsp3) is 0.400. The molecule has 0 bridgehead atoms. The van der Waals surface area contributed by atoms with Crippen molar-refractivity contribution in [2.24, 2.45) is 0 Å². The van der Waals surface area contributed by atoms with Crippen molar-refractivity contribution in [2.75, 3.05) is 6.54 Å². The lowest BCUT2D eigenvalue weighted by atomic mass is 10.1. The van der Waals surface area contributed by atoms with E-state index in [0.29, 0.717) is 10.0 Å². The molecule has 1 heterocycles.